The van der Waals surface area contributed by atoms with Crippen LogP contribution in [-0.2, 0) is 20.4 Å². The van der Waals surface area contributed by atoms with E-state index in [4.69, 9.17) is 23.2 Å². The third-order valence-corrected chi connectivity index (χ3v) is 12.1. The van der Waals surface area contributed by atoms with Crippen molar-refractivity contribution in [3.63, 3.8) is 0 Å². The summed E-state index contributed by atoms with van der Waals surface area (Å²) in [6, 6.07) is 23.9. The molecule has 11 nitrogen and oxygen atoms in total. The summed E-state index contributed by atoms with van der Waals surface area (Å²) in [6.45, 7) is 5.26. The standard InChI is InChI=1S/C38H42Cl2N6O5/c39-30-12-11-29(25-31(30)40)37(14-20-44(26-37)33(47)27-7-3-1-4-8-27)13-17-42-18-15-38(16-19-42,28-9-5-2-6-10-28)35(50)41-36(51)46-32(34(48)49)43-21-23-45(46)24-22-43/h1-12,25,32H,13-24,26H2,(H,48,49)(H,41,50,51). The fourth-order valence-corrected chi connectivity index (χ4v) is 8.71. The summed E-state index contributed by atoms with van der Waals surface area (Å²) in [4.78, 5) is 59.6. The number of nitrogens with zero attached hydrogens (tertiary/aromatic N) is 5. The van der Waals surface area contributed by atoms with Gasteiger partial charge in [0, 0.05) is 50.2 Å². The molecule has 0 spiro atoms. The van der Waals surface area contributed by atoms with Gasteiger partial charge in [0.05, 0.1) is 15.5 Å². The number of carboxylic acid groups (broad SMARTS) is 1. The van der Waals surface area contributed by atoms with E-state index in [0.717, 1.165) is 30.5 Å². The minimum atomic E-state index is -1.15. The molecule has 3 aromatic carbocycles. The first-order valence-electron chi connectivity index (χ1n) is 17.5. The van der Waals surface area contributed by atoms with Gasteiger partial charge in [-0.05, 0) is 80.7 Å². The molecule has 268 valence electrons. The van der Waals surface area contributed by atoms with E-state index in [1.807, 2.05) is 83.8 Å². The Kier molecular flexibility index (Phi) is 10.1. The molecular formula is C38H42Cl2N6O5. The number of imide groups is 1. The predicted octanol–water partition coefficient (Wildman–Crippen LogP) is 4.70. The minimum Gasteiger partial charge on any atom is -0.479 e. The number of nitrogens with one attached hydrogen (secondary N) is 1. The van der Waals surface area contributed by atoms with Crippen LogP contribution in [0.1, 0.15) is 47.2 Å². The summed E-state index contributed by atoms with van der Waals surface area (Å²) in [5.74, 6) is -1.54. The van der Waals surface area contributed by atoms with Crippen LogP contribution in [0.3, 0.4) is 0 Å². The van der Waals surface area contributed by atoms with Crippen LogP contribution in [-0.4, -0.2) is 119 Å². The van der Waals surface area contributed by atoms with Crippen molar-refractivity contribution in [2.24, 2.45) is 0 Å². The van der Waals surface area contributed by atoms with Crippen molar-refractivity contribution in [3.05, 3.63) is 106 Å². The molecule has 51 heavy (non-hydrogen) atoms. The smallest absolute Gasteiger partial charge is 0.343 e. The molecule has 2 bridgehead atoms. The van der Waals surface area contributed by atoms with E-state index < -0.39 is 29.5 Å². The number of piperidine rings is 1. The number of hydrogen-bond acceptors (Lipinski definition) is 7. The van der Waals surface area contributed by atoms with Gasteiger partial charge in [0.25, 0.3) is 5.91 Å². The van der Waals surface area contributed by atoms with E-state index in [2.05, 4.69) is 10.2 Å². The molecule has 0 radical (unpaired) electrons. The average Bonchev–Trinajstić information content (AvgIpc) is 3.61. The Bertz CT molecular complexity index is 1780. The highest BCUT2D eigenvalue weighted by molar-refractivity contribution is 6.42. The van der Waals surface area contributed by atoms with Gasteiger partial charge < -0.3 is 14.9 Å². The fraction of sp³-hybridized carbons (Fsp3) is 0.421. The van der Waals surface area contributed by atoms with Gasteiger partial charge in [0.15, 0.2) is 0 Å². The van der Waals surface area contributed by atoms with Gasteiger partial charge in [-0.15, -0.1) is 0 Å². The molecule has 0 saturated carbocycles. The monoisotopic (exact) mass is 732 g/mol. The quantitative estimate of drug-likeness (QED) is 0.343. The molecule has 3 aromatic rings. The number of carboxylic acids is 1. The van der Waals surface area contributed by atoms with Crippen LogP contribution in [0.25, 0.3) is 0 Å². The van der Waals surface area contributed by atoms with Crippen molar-refractivity contribution in [1.82, 2.24) is 30.0 Å². The van der Waals surface area contributed by atoms with Crippen LogP contribution in [0.5, 0.6) is 0 Å². The molecular weight excluding hydrogens is 691 g/mol. The Balaban J connectivity index is 1.07. The Morgan fingerprint density at radius 1 is 0.765 bits per heavy atom. The van der Waals surface area contributed by atoms with Crippen molar-refractivity contribution < 1.29 is 24.3 Å². The van der Waals surface area contributed by atoms with E-state index in [1.165, 1.54) is 5.01 Å². The lowest BCUT2D eigenvalue weighted by molar-refractivity contribution is -0.190. The molecule has 2 atom stereocenters. The third-order valence-electron chi connectivity index (χ3n) is 11.4. The highest BCUT2D eigenvalue weighted by atomic mass is 35.5. The Hall–Kier alpha value is -4.00. The topological polar surface area (TPSA) is 117 Å². The predicted molar refractivity (Wildman–Crippen MR) is 193 cm³/mol. The van der Waals surface area contributed by atoms with Crippen LogP contribution in [0.15, 0.2) is 78.9 Å². The number of hydrazine groups is 1. The van der Waals surface area contributed by atoms with Crippen molar-refractivity contribution >= 4 is 47.0 Å². The zero-order chi connectivity index (χ0) is 35.8. The third kappa shape index (κ3) is 6.85. The molecule has 13 heteroatoms. The highest BCUT2D eigenvalue weighted by Gasteiger charge is 2.49. The number of amides is 4. The molecule has 2 N–H and O–H groups in total. The molecule has 0 aromatic heterocycles. The Labute approximate surface area is 307 Å². The minimum absolute atomic E-state index is 0.00441. The lowest BCUT2D eigenvalue weighted by Gasteiger charge is -2.52. The van der Waals surface area contributed by atoms with Crippen molar-refractivity contribution in [2.45, 2.75) is 42.7 Å². The largest absolute Gasteiger partial charge is 0.479 e. The zero-order valence-electron chi connectivity index (χ0n) is 28.3. The number of hydrogen-bond donors (Lipinski definition) is 2. The molecule has 5 saturated heterocycles. The number of carbonyl (C=O) groups excluding carboxylic acids is 3. The summed E-state index contributed by atoms with van der Waals surface area (Å²) in [5, 5.41) is 16.4. The van der Waals surface area contributed by atoms with Gasteiger partial charge in [-0.25, -0.2) is 19.6 Å². The van der Waals surface area contributed by atoms with Crippen LogP contribution in [0, 0.1) is 0 Å². The first-order chi connectivity index (χ1) is 24.6. The second-order valence-corrected chi connectivity index (χ2v) is 14.9. The molecule has 4 amide bonds. The van der Waals surface area contributed by atoms with Crippen LogP contribution < -0.4 is 5.32 Å². The maximum absolute atomic E-state index is 14.2. The number of benzene rings is 3. The van der Waals surface area contributed by atoms with Gasteiger partial charge in [0.2, 0.25) is 12.1 Å². The molecule has 5 aliphatic heterocycles. The summed E-state index contributed by atoms with van der Waals surface area (Å²) in [6.07, 6.45) is 1.36. The maximum atomic E-state index is 14.2. The van der Waals surface area contributed by atoms with Crippen LogP contribution in [0.4, 0.5) is 4.79 Å². The van der Waals surface area contributed by atoms with E-state index in [1.54, 1.807) is 9.91 Å². The van der Waals surface area contributed by atoms with Crippen molar-refractivity contribution in [1.29, 1.82) is 0 Å². The van der Waals surface area contributed by atoms with E-state index >= 15 is 0 Å². The van der Waals surface area contributed by atoms with Gasteiger partial charge in [0.1, 0.15) is 0 Å². The molecule has 5 heterocycles. The Morgan fingerprint density at radius 2 is 1.43 bits per heavy atom. The number of urea groups is 1. The SMILES string of the molecule is O=C(O)C1N2CCN(CC2)N1C(=O)NC(=O)C1(c2ccccc2)CCN(CCC2(c3ccc(Cl)c(Cl)c3)CCN(C(=O)c3ccccc3)C2)CC1. The number of carbonyl (C=O) groups is 4. The van der Waals surface area contributed by atoms with Gasteiger partial charge in [-0.2, -0.15) is 0 Å². The molecule has 2 unspecified atom stereocenters. The van der Waals surface area contributed by atoms with Crippen LogP contribution >= 0.6 is 23.2 Å². The molecule has 5 fully saturated rings. The van der Waals surface area contributed by atoms with Crippen molar-refractivity contribution in [2.75, 3.05) is 58.9 Å². The first-order valence-corrected chi connectivity index (χ1v) is 18.3. The zero-order valence-corrected chi connectivity index (χ0v) is 29.9. The van der Waals surface area contributed by atoms with Crippen molar-refractivity contribution in [3.8, 4) is 0 Å². The highest BCUT2D eigenvalue weighted by Crippen LogP contribution is 2.42. The van der Waals surface area contributed by atoms with E-state index in [-0.39, 0.29) is 11.3 Å². The summed E-state index contributed by atoms with van der Waals surface area (Å²) >= 11 is 12.8. The maximum Gasteiger partial charge on any atom is 0.343 e. The second-order valence-electron chi connectivity index (χ2n) is 14.1. The second kappa shape index (κ2) is 14.6. The summed E-state index contributed by atoms with van der Waals surface area (Å²) < 4.78 is 0. The molecule has 8 rings (SSSR count). The number of rotatable bonds is 8. The number of likely N-dealkylation sites (tertiary alicyclic amines) is 2. The number of halogens is 2. The lowest BCUT2D eigenvalue weighted by Crippen LogP contribution is -2.74. The van der Waals surface area contributed by atoms with Gasteiger partial charge in [-0.1, -0.05) is 77.8 Å². The van der Waals surface area contributed by atoms with Gasteiger partial charge >= 0.3 is 12.0 Å². The van der Waals surface area contributed by atoms with Crippen LogP contribution in [0.2, 0.25) is 10.0 Å². The summed E-state index contributed by atoms with van der Waals surface area (Å²) in [5.41, 5.74) is 1.23. The average molecular weight is 734 g/mol. The number of piperazine rings is 1. The van der Waals surface area contributed by atoms with E-state index in [9.17, 15) is 24.3 Å². The summed E-state index contributed by atoms with van der Waals surface area (Å²) in [7, 11) is 0. The molecule has 0 aliphatic carbocycles. The lowest BCUT2D eigenvalue weighted by atomic mass is 9.71. The van der Waals surface area contributed by atoms with E-state index in [0.29, 0.717) is 80.8 Å². The normalized spacial score (nSPS) is 25.8. The first kappa shape index (κ1) is 35.4. The number of aliphatic carboxylic acids is 1. The number of fused-ring (bicyclic) bond motifs is 3. The molecule has 5 aliphatic rings. The van der Waals surface area contributed by atoms with Gasteiger partial charge in [-0.3, -0.25) is 19.8 Å². The fourth-order valence-electron chi connectivity index (χ4n) is 8.41. The Morgan fingerprint density at radius 3 is 2.08 bits per heavy atom.